The molecule has 0 aliphatic heterocycles. The maximum atomic E-state index is 12.0. The van der Waals surface area contributed by atoms with E-state index in [2.05, 4.69) is 26.1 Å². The van der Waals surface area contributed by atoms with Gasteiger partial charge in [-0.25, -0.2) is 0 Å². The van der Waals surface area contributed by atoms with E-state index in [0.29, 0.717) is 19.0 Å². The highest BCUT2D eigenvalue weighted by Crippen LogP contribution is 2.04. The summed E-state index contributed by atoms with van der Waals surface area (Å²) < 4.78 is 0. The Morgan fingerprint density at radius 1 is 1.16 bits per heavy atom. The Bertz CT molecular complexity index is 220. The van der Waals surface area contributed by atoms with Gasteiger partial charge in [-0.2, -0.15) is 0 Å². The topological polar surface area (TPSA) is 52.6 Å². The van der Waals surface area contributed by atoms with E-state index in [1.807, 2.05) is 4.90 Å². The van der Waals surface area contributed by atoms with E-state index >= 15 is 0 Å². The molecule has 0 spiro atoms. The average Bonchev–Trinajstić information content (AvgIpc) is 2.38. The summed E-state index contributed by atoms with van der Waals surface area (Å²) >= 11 is 0. The molecule has 0 aromatic carbocycles. The highest BCUT2D eigenvalue weighted by molar-refractivity contribution is 5.76. The van der Waals surface area contributed by atoms with E-state index in [0.717, 1.165) is 25.9 Å². The first-order chi connectivity index (χ1) is 9.11. The number of rotatable bonds is 12. The predicted molar refractivity (Wildman–Crippen MR) is 80.2 cm³/mol. The molecule has 2 N–H and O–H groups in total. The second kappa shape index (κ2) is 12.4. The summed E-state index contributed by atoms with van der Waals surface area (Å²) in [5.74, 6) is 0.177. The lowest BCUT2D eigenvalue weighted by Gasteiger charge is -2.22. The molecular weight excluding hydrogens is 240 g/mol. The molecule has 0 fully saturated rings. The minimum atomic E-state index is 0.0593. The summed E-state index contributed by atoms with van der Waals surface area (Å²) in [7, 11) is 0. The Hall–Kier alpha value is -0.610. The molecule has 1 amide bonds. The monoisotopic (exact) mass is 272 g/mol. The molecule has 0 saturated heterocycles. The van der Waals surface area contributed by atoms with E-state index in [1.165, 1.54) is 19.3 Å². The van der Waals surface area contributed by atoms with E-state index in [9.17, 15) is 4.79 Å². The van der Waals surface area contributed by atoms with Crippen molar-refractivity contribution in [2.75, 3.05) is 26.2 Å². The fourth-order valence-electron chi connectivity index (χ4n) is 2.00. The fraction of sp³-hybridized carbons (Fsp3) is 0.933. The molecular formula is C15H32N2O2. The summed E-state index contributed by atoms with van der Waals surface area (Å²) in [4.78, 5) is 13.8. The van der Waals surface area contributed by atoms with Crippen LogP contribution in [0.3, 0.4) is 0 Å². The van der Waals surface area contributed by atoms with E-state index in [4.69, 9.17) is 5.11 Å². The smallest absolute Gasteiger partial charge is 0.222 e. The van der Waals surface area contributed by atoms with Crippen LogP contribution in [0.15, 0.2) is 0 Å². The van der Waals surface area contributed by atoms with Gasteiger partial charge >= 0.3 is 0 Å². The van der Waals surface area contributed by atoms with Gasteiger partial charge in [-0.15, -0.1) is 0 Å². The normalized spacial score (nSPS) is 11.0. The number of carbonyl (C=O) groups excluding carboxylic acids is 1. The first-order valence-electron chi connectivity index (χ1n) is 7.73. The molecule has 0 heterocycles. The predicted octanol–water partition coefficient (Wildman–Crippen LogP) is 2.17. The second-order valence-corrected chi connectivity index (χ2v) is 5.38. The molecule has 0 aliphatic carbocycles. The van der Waals surface area contributed by atoms with Crippen molar-refractivity contribution in [3.63, 3.8) is 0 Å². The lowest BCUT2D eigenvalue weighted by Crippen LogP contribution is -2.35. The van der Waals surface area contributed by atoms with Gasteiger partial charge in [0, 0.05) is 25.6 Å². The third kappa shape index (κ3) is 11.0. The van der Waals surface area contributed by atoms with E-state index < -0.39 is 0 Å². The van der Waals surface area contributed by atoms with Crippen LogP contribution in [0.1, 0.15) is 59.3 Å². The van der Waals surface area contributed by atoms with Crippen molar-refractivity contribution in [1.29, 1.82) is 0 Å². The Morgan fingerprint density at radius 3 is 2.47 bits per heavy atom. The summed E-state index contributed by atoms with van der Waals surface area (Å²) in [5, 5.41) is 12.3. The van der Waals surface area contributed by atoms with Crippen LogP contribution in [0.2, 0.25) is 0 Å². The zero-order valence-electron chi connectivity index (χ0n) is 13.0. The highest BCUT2D eigenvalue weighted by Gasteiger charge is 2.11. The van der Waals surface area contributed by atoms with Crippen molar-refractivity contribution in [2.45, 2.75) is 65.3 Å². The molecule has 0 atom stereocenters. The van der Waals surface area contributed by atoms with Gasteiger partial charge in [0.15, 0.2) is 0 Å². The summed E-state index contributed by atoms with van der Waals surface area (Å²) in [6.45, 7) is 8.59. The van der Waals surface area contributed by atoms with Gasteiger partial charge in [-0.3, -0.25) is 4.79 Å². The van der Waals surface area contributed by atoms with Crippen LogP contribution >= 0.6 is 0 Å². The summed E-state index contributed by atoms with van der Waals surface area (Å²) in [6, 6.07) is 0.470. The number of carbonyl (C=O) groups is 1. The number of aliphatic hydroxyl groups excluding tert-OH is 1. The van der Waals surface area contributed by atoms with Crippen molar-refractivity contribution in [3.8, 4) is 0 Å². The molecule has 4 nitrogen and oxygen atoms in total. The first-order valence-corrected chi connectivity index (χ1v) is 7.73. The molecule has 0 aliphatic rings. The zero-order chi connectivity index (χ0) is 14.5. The molecule has 0 radical (unpaired) electrons. The molecule has 0 aromatic heterocycles. The van der Waals surface area contributed by atoms with Gasteiger partial charge in [0.05, 0.1) is 6.61 Å². The molecule has 0 rings (SSSR count). The van der Waals surface area contributed by atoms with Crippen LogP contribution in [0.4, 0.5) is 0 Å². The minimum absolute atomic E-state index is 0.0593. The number of hydrogen-bond acceptors (Lipinski definition) is 3. The Kier molecular flexibility index (Phi) is 12.0. The molecule has 4 heteroatoms. The van der Waals surface area contributed by atoms with Crippen LogP contribution < -0.4 is 5.32 Å². The molecule has 0 bridgehead atoms. The molecule has 19 heavy (non-hydrogen) atoms. The Labute approximate surface area is 118 Å². The summed E-state index contributed by atoms with van der Waals surface area (Å²) in [5.41, 5.74) is 0. The Balaban J connectivity index is 3.83. The third-order valence-corrected chi connectivity index (χ3v) is 3.12. The lowest BCUT2D eigenvalue weighted by molar-refractivity contribution is -0.131. The fourth-order valence-corrected chi connectivity index (χ4v) is 2.00. The zero-order valence-corrected chi connectivity index (χ0v) is 13.0. The van der Waals surface area contributed by atoms with Gasteiger partial charge in [0.1, 0.15) is 0 Å². The highest BCUT2D eigenvalue weighted by atomic mass is 16.3. The SMILES string of the molecule is CCCCCCN(CCO)C(=O)CCCNC(C)C. The van der Waals surface area contributed by atoms with Crippen molar-refractivity contribution in [1.82, 2.24) is 10.2 Å². The summed E-state index contributed by atoms with van der Waals surface area (Å²) in [6.07, 6.45) is 6.08. The quantitative estimate of drug-likeness (QED) is 0.535. The van der Waals surface area contributed by atoms with Crippen LogP contribution in [0, 0.1) is 0 Å². The van der Waals surface area contributed by atoms with Crippen LogP contribution in [-0.2, 0) is 4.79 Å². The maximum Gasteiger partial charge on any atom is 0.222 e. The number of nitrogens with one attached hydrogen (secondary N) is 1. The molecule has 0 unspecified atom stereocenters. The van der Waals surface area contributed by atoms with Crippen LogP contribution in [-0.4, -0.2) is 48.2 Å². The number of hydrogen-bond donors (Lipinski definition) is 2. The van der Waals surface area contributed by atoms with Crippen molar-refractivity contribution < 1.29 is 9.90 Å². The molecule has 0 aromatic rings. The number of aliphatic hydroxyl groups is 1. The lowest BCUT2D eigenvalue weighted by atomic mass is 10.2. The second-order valence-electron chi connectivity index (χ2n) is 5.38. The Morgan fingerprint density at radius 2 is 1.89 bits per heavy atom. The van der Waals surface area contributed by atoms with Gasteiger partial charge in [-0.05, 0) is 19.4 Å². The maximum absolute atomic E-state index is 12.0. The largest absolute Gasteiger partial charge is 0.395 e. The number of unbranched alkanes of at least 4 members (excludes halogenated alkanes) is 3. The van der Waals surface area contributed by atoms with Crippen molar-refractivity contribution >= 4 is 5.91 Å². The molecule has 0 saturated carbocycles. The van der Waals surface area contributed by atoms with Gasteiger partial charge in [0.25, 0.3) is 0 Å². The van der Waals surface area contributed by atoms with Gasteiger partial charge in [-0.1, -0.05) is 40.0 Å². The number of amides is 1. The first kappa shape index (κ1) is 18.4. The van der Waals surface area contributed by atoms with Crippen molar-refractivity contribution in [3.05, 3.63) is 0 Å². The average molecular weight is 272 g/mol. The van der Waals surface area contributed by atoms with E-state index in [1.54, 1.807) is 0 Å². The third-order valence-electron chi connectivity index (χ3n) is 3.12. The van der Waals surface area contributed by atoms with Gasteiger partial charge in [0.2, 0.25) is 5.91 Å². The van der Waals surface area contributed by atoms with Crippen molar-refractivity contribution in [2.24, 2.45) is 0 Å². The van der Waals surface area contributed by atoms with Gasteiger partial charge < -0.3 is 15.3 Å². The van der Waals surface area contributed by atoms with Crippen LogP contribution in [0.5, 0.6) is 0 Å². The standard InChI is InChI=1S/C15H32N2O2/c1-4-5-6-7-11-17(12-13-18)15(19)9-8-10-16-14(2)3/h14,16,18H,4-13H2,1-3H3. The number of nitrogens with zero attached hydrogens (tertiary/aromatic N) is 1. The van der Waals surface area contributed by atoms with Crippen LogP contribution in [0.25, 0.3) is 0 Å². The van der Waals surface area contributed by atoms with E-state index in [-0.39, 0.29) is 12.5 Å². The molecule has 114 valence electrons. The minimum Gasteiger partial charge on any atom is -0.395 e.